The van der Waals surface area contributed by atoms with Crippen LogP contribution in [0.3, 0.4) is 0 Å². The minimum Gasteiger partial charge on any atom is -0.363 e. The third-order valence-electron chi connectivity index (χ3n) is 3.98. The highest BCUT2D eigenvalue weighted by molar-refractivity contribution is 8.26. The Hall–Kier alpha value is -1.97. The number of carbonyl (C=O) groups is 1. The van der Waals surface area contributed by atoms with Crippen molar-refractivity contribution >= 4 is 51.7 Å². The molecule has 2 heterocycles. The van der Waals surface area contributed by atoms with E-state index in [4.69, 9.17) is 12.2 Å². The van der Waals surface area contributed by atoms with Gasteiger partial charge in [0.25, 0.3) is 11.6 Å². The van der Waals surface area contributed by atoms with Crippen molar-refractivity contribution in [2.45, 2.75) is 0 Å². The molecule has 1 N–H and O–H groups in total. The van der Waals surface area contributed by atoms with Gasteiger partial charge in [-0.15, -0.1) is 0 Å². The highest BCUT2D eigenvalue weighted by atomic mass is 32.2. The average molecular weight is 364 g/mol. The molecule has 0 atom stereocenters. The number of nitrogens with zero attached hydrogens (tertiary/aromatic N) is 3. The van der Waals surface area contributed by atoms with Crippen molar-refractivity contribution in [3.63, 3.8) is 0 Å². The SMILES string of the molecule is CN1CCN(c2ccc(C=C3SC(=S)NC3=O)cc2[N+](=O)[O-])CC1. The fourth-order valence-corrected chi connectivity index (χ4v) is 3.71. The first-order valence-corrected chi connectivity index (χ1v) is 8.63. The minimum atomic E-state index is -0.373. The van der Waals surface area contributed by atoms with Crippen molar-refractivity contribution < 1.29 is 9.72 Å². The first kappa shape index (κ1) is 16.9. The molecule has 2 saturated heterocycles. The quantitative estimate of drug-likeness (QED) is 0.379. The number of nitrogens with one attached hydrogen (secondary N) is 1. The summed E-state index contributed by atoms with van der Waals surface area (Å²) < 4.78 is 0.398. The summed E-state index contributed by atoms with van der Waals surface area (Å²) in [7, 11) is 2.04. The number of hydrogen-bond acceptors (Lipinski definition) is 7. The third-order valence-corrected chi connectivity index (χ3v) is 5.14. The van der Waals surface area contributed by atoms with Gasteiger partial charge in [0.05, 0.1) is 9.83 Å². The van der Waals surface area contributed by atoms with Gasteiger partial charge in [0.15, 0.2) is 0 Å². The van der Waals surface area contributed by atoms with E-state index in [9.17, 15) is 14.9 Å². The molecule has 0 spiro atoms. The van der Waals surface area contributed by atoms with E-state index < -0.39 is 0 Å². The molecule has 9 heteroatoms. The van der Waals surface area contributed by atoms with Crippen molar-refractivity contribution in [3.8, 4) is 0 Å². The predicted octanol–water partition coefficient (Wildman–Crippen LogP) is 1.84. The maximum absolute atomic E-state index is 11.7. The zero-order valence-corrected chi connectivity index (χ0v) is 14.7. The van der Waals surface area contributed by atoms with E-state index in [1.54, 1.807) is 18.2 Å². The topological polar surface area (TPSA) is 78.7 Å². The van der Waals surface area contributed by atoms with Crippen molar-refractivity contribution in [2.75, 3.05) is 38.1 Å². The van der Waals surface area contributed by atoms with Crippen LogP contribution in [0.25, 0.3) is 6.08 Å². The maximum Gasteiger partial charge on any atom is 0.293 e. The van der Waals surface area contributed by atoms with Crippen LogP contribution in [0, 0.1) is 10.1 Å². The Morgan fingerprint density at radius 3 is 2.62 bits per heavy atom. The number of nitro benzene ring substituents is 1. The van der Waals surface area contributed by atoms with Crippen molar-refractivity contribution in [2.24, 2.45) is 0 Å². The second-order valence-corrected chi connectivity index (χ2v) is 7.37. The van der Waals surface area contributed by atoms with Crippen LogP contribution < -0.4 is 10.2 Å². The van der Waals surface area contributed by atoms with Gasteiger partial charge in [0, 0.05) is 32.2 Å². The molecule has 2 fully saturated rings. The molecule has 2 aliphatic heterocycles. The van der Waals surface area contributed by atoms with Crippen LogP contribution in [0.5, 0.6) is 0 Å². The van der Waals surface area contributed by atoms with Crippen LogP contribution in [0.2, 0.25) is 0 Å². The van der Waals surface area contributed by atoms with Gasteiger partial charge in [-0.3, -0.25) is 14.9 Å². The number of anilines is 1. The Bertz CT molecular complexity index is 742. The predicted molar refractivity (Wildman–Crippen MR) is 99.1 cm³/mol. The fraction of sp³-hybridized carbons (Fsp3) is 0.333. The van der Waals surface area contributed by atoms with Crippen LogP contribution in [0.4, 0.5) is 11.4 Å². The summed E-state index contributed by atoms with van der Waals surface area (Å²) in [6.45, 7) is 3.25. The van der Waals surface area contributed by atoms with Gasteiger partial charge in [-0.2, -0.15) is 0 Å². The lowest BCUT2D eigenvalue weighted by molar-refractivity contribution is -0.384. The molecule has 1 amide bonds. The summed E-state index contributed by atoms with van der Waals surface area (Å²) in [6.07, 6.45) is 1.63. The Morgan fingerprint density at radius 2 is 2.04 bits per heavy atom. The van der Waals surface area contributed by atoms with E-state index in [0.29, 0.717) is 20.5 Å². The van der Waals surface area contributed by atoms with Gasteiger partial charge in [-0.1, -0.05) is 30.0 Å². The van der Waals surface area contributed by atoms with Gasteiger partial charge < -0.3 is 15.1 Å². The second kappa shape index (κ2) is 6.88. The zero-order valence-electron chi connectivity index (χ0n) is 13.0. The van der Waals surface area contributed by atoms with E-state index in [-0.39, 0.29) is 16.5 Å². The Balaban J connectivity index is 1.90. The van der Waals surface area contributed by atoms with Crippen LogP contribution in [-0.2, 0) is 4.79 Å². The van der Waals surface area contributed by atoms with E-state index in [0.717, 1.165) is 37.9 Å². The summed E-state index contributed by atoms with van der Waals surface area (Å²) in [5, 5.41) is 14.0. The molecule has 0 saturated carbocycles. The van der Waals surface area contributed by atoms with Gasteiger partial charge >= 0.3 is 0 Å². The van der Waals surface area contributed by atoms with E-state index in [1.165, 1.54) is 6.07 Å². The van der Waals surface area contributed by atoms with Gasteiger partial charge in [-0.25, -0.2) is 0 Å². The lowest BCUT2D eigenvalue weighted by Gasteiger charge is -2.33. The minimum absolute atomic E-state index is 0.0554. The van der Waals surface area contributed by atoms with Gasteiger partial charge in [0.1, 0.15) is 10.0 Å². The normalized spacial score (nSPS) is 20.5. The van der Waals surface area contributed by atoms with Crippen LogP contribution in [-0.4, -0.2) is 53.3 Å². The monoisotopic (exact) mass is 364 g/mol. The molecular weight excluding hydrogens is 348 g/mol. The van der Waals surface area contributed by atoms with Gasteiger partial charge in [0.2, 0.25) is 0 Å². The number of carbonyl (C=O) groups excluding carboxylic acids is 1. The fourth-order valence-electron chi connectivity index (χ4n) is 2.66. The highest BCUT2D eigenvalue weighted by Gasteiger charge is 2.25. The number of thioether (sulfide) groups is 1. The first-order chi connectivity index (χ1) is 11.4. The molecule has 1 aromatic carbocycles. The van der Waals surface area contributed by atoms with Crippen molar-refractivity contribution in [3.05, 3.63) is 38.8 Å². The summed E-state index contributed by atoms with van der Waals surface area (Å²) in [5.41, 5.74) is 1.29. The smallest absolute Gasteiger partial charge is 0.293 e. The summed E-state index contributed by atoms with van der Waals surface area (Å²) in [5.74, 6) is -0.268. The zero-order chi connectivity index (χ0) is 17.3. The number of benzene rings is 1. The summed E-state index contributed by atoms with van der Waals surface area (Å²) >= 11 is 6.11. The highest BCUT2D eigenvalue weighted by Crippen LogP contribution is 2.32. The Labute approximate surface area is 148 Å². The summed E-state index contributed by atoms with van der Waals surface area (Å²) in [6, 6.07) is 5.06. The number of piperazine rings is 1. The van der Waals surface area contributed by atoms with E-state index in [1.807, 2.05) is 11.9 Å². The molecule has 0 unspecified atom stereocenters. The molecular formula is C15H16N4O3S2. The molecule has 3 rings (SSSR count). The number of amides is 1. The third kappa shape index (κ3) is 3.58. The van der Waals surface area contributed by atoms with Crippen LogP contribution in [0.1, 0.15) is 5.56 Å². The lowest BCUT2D eigenvalue weighted by Crippen LogP contribution is -2.44. The number of likely N-dealkylation sites (N-methyl/N-ethyl adjacent to an activating group) is 1. The van der Waals surface area contributed by atoms with E-state index in [2.05, 4.69) is 10.2 Å². The molecule has 0 bridgehead atoms. The first-order valence-electron chi connectivity index (χ1n) is 7.41. The average Bonchev–Trinajstić information content (AvgIpc) is 2.85. The molecule has 126 valence electrons. The lowest BCUT2D eigenvalue weighted by atomic mass is 10.1. The summed E-state index contributed by atoms with van der Waals surface area (Å²) in [4.78, 5) is 27.5. The number of nitro groups is 1. The second-order valence-electron chi connectivity index (χ2n) is 5.65. The molecule has 0 radical (unpaired) electrons. The molecule has 7 nitrogen and oxygen atoms in total. The number of hydrogen-bond donors (Lipinski definition) is 1. The van der Waals surface area contributed by atoms with Crippen LogP contribution >= 0.6 is 24.0 Å². The number of rotatable bonds is 3. The van der Waals surface area contributed by atoms with Crippen molar-refractivity contribution in [1.82, 2.24) is 10.2 Å². The Morgan fingerprint density at radius 1 is 1.33 bits per heavy atom. The molecule has 0 aromatic heterocycles. The Kier molecular flexibility index (Phi) is 4.83. The molecule has 24 heavy (non-hydrogen) atoms. The van der Waals surface area contributed by atoms with Crippen LogP contribution in [0.15, 0.2) is 23.1 Å². The standard InChI is InChI=1S/C15H16N4O3S2/c1-17-4-6-18(7-5-17)11-3-2-10(8-12(11)19(21)22)9-13-14(20)16-15(23)24-13/h2-3,8-9H,4-7H2,1H3,(H,16,20,23). The molecule has 2 aliphatic rings. The van der Waals surface area contributed by atoms with Crippen molar-refractivity contribution in [1.29, 1.82) is 0 Å². The van der Waals surface area contributed by atoms with E-state index >= 15 is 0 Å². The van der Waals surface area contributed by atoms with Gasteiger partial charge in [-0.05, 0) is 24.8 Å². The molecule has 1 aromatic rings. The maximum atomic E-state index is 11.7. The molecule has 0 aliphatic carbocycles. The largest absolute Gasteiger partial charge is 0.363 e. The number of thiocarbonyl (C=S) groups is 1.